The van der Waals surface area contributed by atoms with E-state index in [-0.39, 0.29) is 12.5 Å². The summed E-state index contributed by atoms with van der Waals surface area (Å²) in [6.45, 7) is 2.30. The highest BCUT2D eigenvalue weighted by atomic mass is 16.5. The third-order valence-electron chi connectivity index (χ3n) is 4.99. The summed E-state index contributed by atoms with van der Waals surface area (Å²) >= 11 is 0. The van der Waals surface area contributed by atoms with Crippen molar-refractivity contribution in [2.45, 2.75) is 6.92 Å². The molecule has 0 heterocycles. The van der Waals surface area contributed by atoms with Crippen LogP contribution in [-0.4, -0.2) is 31.3 Å². The van der Waals surface area contributed by atoms with E-state index in [0.717, 1.165) is 16.3 Å². The molecule has 7 heteroatoms. The fourth-order valence-electron chi connectivity index (χ4n) is 3.26. The Morgan fingerprint density at radius 3 is 2.23 bits per heavy atom. The molecule has 0 atom stereocenters. The normalized spacial score (nSPS) is 10.8. The summed E-state index contributed by atoms with van der Waals surface area (Å²) in [5.41, 5.74) is 3.58. The van der Waals surface area contributed by atoms with Gasteiger partial charge in [0.1, 0.15) is 17.2 Å². The maximum atomic E-state index is 12.3. The van der Waals surface area contributed by atoms with Crippen LogP contribution in [0, 0.1) is 0 Å². The standard InChI is InChI=1S/C28H24N2O5/c1-2-33-24-14-10-22(11-15-24)28(32)35-25-12-7-20(8-13-25)18-29-30-27(31)19-34-26-16-9-21-5-3-4-6-23(21)17-26/h3-18H,2,19H2,1H3,(H,30,31). The number of hydrogen-bond donors (Lipinski definition) is 1. The Labute approximate surface area is 202 Å². The van der Waals surface area contributed by atoms with Gasteiger partial charge in [-0.3, -0.25) is 4.79 Å². The lowest BCUT2D eigenvalue weighted by atomic mass is 10.1. The number of nitrogens with zero attached hydrogens (tertiary/aromatic N) is 1. The van der Waals surface area contributed by atoms with Gasteiger partial charge in [0.15, 0.2) is 6.61 Å². The topological polar surface area (TPSA) is 86.2 Å². The van der Waals surface area contributed by atoms with E-state index in [1.165, 1.54) is 6.21 Å². The zero-order valence-electron chi connectivity index (χ0n) is 19.1. The van der Waals surface area contributed by atoms with Gasteiger partial charge in [-0.15, -0.1) is 0 Å². The van der Waals surface area contributed by atoms with Crippen LogP contribution in [0.25, 0.3) is 10.8 Å². The van der Waals surface area contributed by atoms with Gasteiger partial charge in [0.05, 0.1) is 18.4 Å². The molecule has 176 valence electrons. The van der Waals surface area contributed by atoms with Gasteiger partial charge in [0.2, 0.25) is 0 Å². The first-order valence-electron chi connectivity index (χ1n) is 11.1. The van der Waals surface area contributed by atoms with E-state index in [0.29, 0.717) is 29.4 Å². The number of amides is 1. The van der Waals surface area contributed by atoms with E-state index >= 15 is 0 Å². The Hall–Kier alpha value is -4.65. The van der Waals surface area contributed by atoms with Crippen LogP contribution >= 0.6 is 0 Å². The number of fused-ring (bicyclic) bond motifs is 1. The molecule has 7 nitrogen and oxygen atoms in total. The molecule has 4 rings (SSSR count). The molecule has 0 aliphatic heterocycles. The molecule has 0 aliphatic carbocycles. The number of benzene rings is 4. The lowest BCUT2D eigenvalue weighted by Gasteiger charge is -2.07. The largest absolute Gasteiger partial charge is 0.494 e. The lowest BCUT2D eigenvalue weighted by Crippen LogP contribution is -2.24. The fourth-order valence-corrected chi connectivity index (χ4v) is 3.26. The molecule has 0 fully saturated rings. The summed E-state index contributed by atoms with van der Waals surface area (Å²) in [7, 11) is 0. The number of carbonyl (C=O) groups is 2. The molecule has 4 aromatic rings. The predicted octanol–water partition coefficient (Wildman–Crippen LogP) is 4.99. The summed E-state index contributed by atoms with van der Waals surface area (Å²) in [5.74, 6) is 0.857. The van der Waals surface area contributed by atoms with Crippen molar-refractivity contribution in [3.63, 3.8) is 0 Å². The van der Waals surface area contributed by atoms with E-state index in [1.54, 1.807) is 48.5 Å². The van der Waals surface area contributed by atoms with Crippen molar-refractivity contribution in [1.29, 1.82) is 0 Å². The number of esters is 1. The second kappa shape index (κ2) is 11.5. The quantitative estimate of drug-likeness (QED) is 0.162. The second-order valence-electron chi connectivity index (χ2n) is 7.51. The predicted molar refractivity (Wildman–Crippen MR) is 134 cm³/mol. The molecule has 0 unspecified atom stereocenters. The molecular weight excluding hydrogens is 444 g/mol. The highest BCUT2D eigenvalue weighted by molar-refractivity contribution is 5.91. The summed E-state index contributed by atoms with van der Waals surface area (Å²) in [5, 5.41) is 6.08. The van der Waals surface area contributed by atoms with Crippen molar-refractivity contribution in [1.82, 2.24) is 5.43 Å². The maximum absolute atomic E-state index is 12.3. The third-order valence-corrected chi connectivity index (χ3v) is 4.99. The average Bonchev–Trinajstić information content (AvgIpc) is 2.89. The third kappa shape index (κ3) is 6.68. The molecule has 0 saturated heterocycles. The van der Waals surface area contributed by atoms with Crippen LogP contribution in [0.4, 0.5) is 0 Å². The van der Waals surface area contributed by atoms with E-state index in [4.69, 9.17) is 14.2 Å². The minimum absolute atomic E-state index is 0.157. The van der Waals surface area contributed by atoms with Gasteiger partial charge in [-0.05, 0) is 83.9 Å². The van der Waals surface area contributed by atoms with Crippen molar-refractivity contribution in [2.75, 3.05) is 13.2 Å². The summed E-state index contributed by atoms with van der Waals surface area (Å²) in [6, 6.07) is 27.1. The SMILES string of the molecule is CCOc1ccc(C(=O)Oc2ccc(C=NNC(=O)COc3ccc4ccccc4c3)cc2)cc1. The van der Waals surface area contributed by atoms with Crippen LogP contribution in [0.5, 0.6) is 17.2 Å². The van der Waals surface area contributed by atoms with Crippen molar-refractivity contribution >= 4 is 28.9 Å². The lowest BCUT2D eigenvalue weighted by molar-refractivity contribution is -0.123. The van der Waals surface area contributed by atoms with Crippen molar-refractivity contribution in [3.8, 4) is 17.2 Å². The molecule has 35 heavy (non-hydrogen) atoms. The highest BCUT2D eigenvalue weighted by Gasteiger charge is 2.09. The van der Waals surface area contributed by atoms with Gasteiger partial charge < -0.3 is 14.2 Å². The molecule has 0 aromatic heterocycles. The zero-order chi connectivity index (χ0) is 24.5. The Kier molecular flexibility index (Phi) is 7.70. The molecule has 0 spiro atoms. The number of ether oxygens (including phenoxy) is 3. The van der Waals surface area contributed by atoms with Gasteiger partial charge in [0.25, 0.3) is 5.91 Å². The van der Waals surface area contributed by atoms with Crippen LogP contribution in [0.1, 0.15) is 22.8 Å². The van der Waals surface area contributed by atoms with Gasteiger partial charge in [-0.1, -0.05) is 30.3 Å². The fraction of sp³-hybridized carbons (Fsp3) is 0.107. The Balaban J connectivity index is 1.23. The van der Waals surface area contributed by atoms with Gasteiger partial charge in [-0.2, -0.15) is 5.10 Å². The molecule has 0 aliphatic rings. The Bertz CT molecular complexity index is 1330. The Morgan fingerprint density at radius 1 is 0.800 bits per heavy atom. The molecule has 1 N–H and O–H groups in total. The smallest absolute Gasteiger partial charge is 0.343 e. The molecule has 0 saturated carbocycles. The number of rotatable bonds is 9. The first kappa shape index (κ1) is 23.5. The van der Waals surface area contributed by atoms with Crippen LogP contribution in [0.3, 0.4) is 0 Å². The molecule has 0 radical (unpaired) electrons. The van der Waals surface area contributed by atoms with Crippen LogP contribution in [0.2, 0.25) is 0 Å². The monoisotopic (exact) mass is 468 g/mol. The van der Waals surface area contributed by atoms with Crippen molar-refractivity contribution < 1.29 is 23.8 Å². The van der Waals surface area contributed by atoms with E-state index in [9.17, 15) is 9.59 Å². The highest BCUT2D eigenvalue weighted by Crippen LogP contribution is 2.20. The summed E-state index contributed by atoms with van der Waals surface area (Å²) < 4.78 is 16.3. The van der Waals surface area contributed by atoms with Gasteiger partial charge in [0, 0.05) is 0 Å². The number of hydrogen-bond acceptors (Lipinski definition) is 6. The van der Waals surface area contributed by atoms with Gasteiger partial charge >= 0.3 is 5.97 Å². The zero-order valence-corrected chi connectivity index (χ0v) is 19.1. The minimum Gasteiger partial charge on any atom is -0.494 e. The second-order valence-corrected chi connectivity index (χ2v) is 7.51. The molecular formula is C28H24N2O5. The van der Waals surface area contributed by atoms with Crippen LogP contribution < -0.4 is 19.6 Å². The molecule has 1 amide bonds. The number of nitrogens with one attached hydrogen (secondary N) is 1. The minimum atomic E-state index is -0.465. The van der Waals surface area contributed by atoms with Crippen LogP contribution in [-0.2, 0) is 4.79 Å². The average molecular weight is 469 g/mol. The molecule has 0 bridgehead atoms. The van der Waals surface area contributed by atoms with E-state index in [2.05, 4.69) is 10.5 Å². The Morgan fingerprint density at radius 2 is 1.49 bits per heavy atom. The van der Waals surface area contributed by atoms with Crippen molar-refractivity contribution in [2.24, 2.45) is 5.10 Å². The summed E-state index contributed by atoms with van der Waals surface area (Å²) in [4.78, 5) is 24.3. The first-order valence-corrected chi connectivity index (χ1v) is 11.1. The maximum Gasteiger partial charge on any atom is 0.343 e. The van der Waals surface area contributed by atoms with Crippen molar-refractivity contribution in [3.05, 3.63) is 102 Å². The molecule has 4 aromatic carbocycles. The van der Waals surface area contributed by atoms with Gasteiger partial charge in [-0.25, -0.2) is 10.2 Å². The number of hydrazone groups is 1. The first-order chi connectivity index (χ1) is 17.1. The van der Waals surface area contributed by atoms with E-state index < -0.39 is 5.97 Å². The summed E-state index contributed by atoms with van der Waals surface area (Å²) in [6.07, 6.45) is 1.49. The number of carbonyl (C=O) groups excluding carboxylic acids is 2. The van der Waals surface area contributed by atoms with Crippen LogP contribution in [0.15, 0.2) is 96.1 Å². The van der Waals surface area contributed by atoms with E-state index in [1.807, 2.05) is 49.4 Å².